The van der Waals surface area contributed by atoms with E-state index in [9.17, 15) is 39.3 Å². The monoisotopic (exact) mass is 1010 g/mol. The Morgan fingerprint density at radius 2 is 1.07 bits per heavy atom. The van der Waals surface area contributed by atoms with E-state index in [0.29, 0.717) is 19.3 Å². The molecule has 0 spiro atoms. The minimum absolute atomic E-state index is 0.0100. The van der Waals surface area contributed by atoms with E-state index in [0.717, 1.165) is 94.6 Å². The zero-order valence-electron chi connectivity index (χ0n) is 44.2. The molecule has 12 aliphatic rings. The Morgan fingerprint density at radius 3 is 1.48 bits per heavy atom. The Balaban J connectivity index is 0.000000159. The van der Waals surface area contributed by atoms with Crippen molar-refractivity contribution in [2.24, 2.45) is 74.9 Å². The molecule has 0 amide bonds. The molecular formula is C60H82O13. The minimum atomic E-state index is -1.25. The molecule has 0 unspecified atom stereocenters. The number of aliphatic hydroxyl groups excluding tert-OH is 3. The number of esters is 1. The number of ketones is 4. The average Bonchev–Trinajstić information content (AvgIpc) is 4.09. The van der Waals surface area contributed by atoms with Gasteiger partial charge in [-0.25, -0.2) is 0 Å². The highest BCUT2D eigenvalue weighted by molar-refractivity contribution is 6.02. The minimum Gasteiger partial charge on any atom is -0.457 e. The molecule has 2 aliphatic heterocycles. The Bertz CT molecular complexity index is 2370. The summed E-state index contributed by atoms with van der Waals surface area (Å²) in [6, 6.07) is 0. The third-order valence-electron chi connectivity index (χ3n) is 22.4. The van der Waals surface area contributed by atoms with Gasteiger partial charge in [0.1, 0.15) is 6.61 Å². The lowest BCUT2D eigenvalue weighted by molar-refractivity contribution is -0.210. The number of carbonyl (C=O) groups excluding carboxylic acids is 5. The number of Topliss-reactive ketones (excluding diaryl/α,β-unsaturated/α-hetero) is 2. The van der Waals surface area contributed by atoms with Crippen molar-refractivity contribution in [3.63, 3.8) is 0 Å². The smallest absolute Gasteiger partial charge is 0.308 e. The van der Waals surface area contributed by atoms with Crippen LogP contribution < -0.4 is 0 Å². The molecule has 0 aromatic carbocycles. The van der Waals surface area contributed by atoms with Crippen LogP contribution in [0.5, 0.6) is 0 Å². The summed E-state index contributed by atoms with van der Waals surface area (Å²) in [5.74, 6) is -0.110. The van der Waals surface area contributed by atoms with Crippen molar-refractivity contribution in [1.29, 1.82) is 0 Å². The highest BCUT2D eigenvalue weighted by Crippen LogP contribution is 2.72. The van der Waals surface area contributed by atoms with Gasteiger partial charge >= 0.3 is 5.97 Å². The number of hydrogen-bond donors (Lipinski definition) is 3. The second kappa shape index (κ2) is 18.8. The predicted octanol–water partition coefficient (Wildman–Crippen LogP) is 8.20. The zero-order chi connectivity index (χ0) is 51.6. The number of carbonyl (C=O) groups is 5. The van der Waals surface area contributed by atoms with E-state index >= 15 is 0 Å². The summed E-state index contributed by atoms with van der Waals surface area (Å²) in [5, 5.41) is 33.6. The summed E-state index contributed by atoms with van der Waals surface area (Å²) in [5.41, 5.74) is -2.22. The van der Waals surface area contributed by atoms with Gasteiger partial charge in [0.25, 0.3) is 0 Å². The maximum absolute atomic E-state index is 14.2. The van der Waals surface area contributed by atoms with Crippen LogP contribution in [0.25, 0.3) is 0 Å². The summed E-state index contributed by atoms with van der Waals surface area (Å²) in [6.07, 6.45) is 24.7. The molecule has 0 aromatic heterocycles. The zero-order valence-corrected chi connectivity index (χ0v) is 44.2. The summed E-state index contributed by atoms with van der Waals surface area (Å²) >= 11 is 0. The Labute approximate surface area is 431 Å². The maximum Gasteiger partial charge on any atom is 0.308 e. The second-order valence-electron chi connectivity index (χ2n) is 26.2. The van der Waals surface area contributed by atoms with Crippen molar-refractivity contribution in [3.8, 4) is 0 Å². The molecule has 18 atom stereocenters. The van der Waals surface area contributed by atoms with Gasteiger partial charge < -0.3 is 39.0 Å². The molecule has 2 heterocycles. The highest BCUT2D eigenvalue weighted by atomic mass is 16.8. The van der Waals surface area contributed by atoms with Crippen molar-refractivity contribution in [2.45, 2.75) is 205 Å². The van der Waals surface area contributed by atoms with Crippen LogP contribution in [0.1, 0.15) is 157 Å². The van der Waals surface area contributed by atoms with E-state index in [-0.39, 0.29) is 99.9 Å². The summed E-state index contributed by atoms with van der Waals surface area (Å²) < 4.78 is 32.3. The van der Waals surface area contributed by atoms with Crippen molar-refractivity contribution in [3.05, 3.63) is 47.6 Å². The molecular weight excluding hydrogens is 929 g/mol. The van der Waals surface area contributed by atoms with E-state index in [4.69, 9.17) is 23.7 Å². The maximum atomic E-state index is 14.2. The first-order chi connectivity index (χ1) is 34.8. The van der Waals surface area contributed by atoms with Crippen molar-refractivity contribution in [2.75, 3.05) is 13.2 Å². The number of fused-ring (bicyclic) bond motifs is 14. The van der Waals surface area contributed by atoms with Crippen LogP contribution >= 0.6 is 0 Å². The number of rotatable bonds is 8. The van der Waals surface area contributed by atoms with E-state index in [2.05, 4.69) is 27.7 Å². The Morgan fingerprint density at radius 1 is 0.644 bits per heavy atom. The predicted molar refractivity (Wildman–Crippen MR) is 268 cm³/mol. The topological polar surface area (TPSA) is 192 Å². The van der Waals surface area contributed by atoms with Crippen LogP contribution in [0.15, 0.2) is 47.6 Å². The van der Waals surface area contributed by atoms with Gasteiger partial charge in [-0.15, -0.1) is 0 Å². The van der Waals surface area contributed by atoms with Gasteiger partial charge in [0, 0.05) is 45.3 Å². The standard InChI is InChI=1S/C32H44O7.C28H38O6/c1-18(2)28(36)37-17-25(35)32-26(38-29(39-32)19-8-6-5-7-9-19)15-23-22-11-10-20-14-21(33)12-13-30(20,3)27(22)24(34)16-31(23,32)4;1-26-11-10-18(30)12-17(26)8-9-19-20-13-23-28(22(32)15-29,27(20,2)14-21(31)24(19)26)34-25(33-23)16-6-4-3-5-7-16/h12-14,18-19,22-24,26-27,29,34H,5-11,15-17H2,1-4H3;10-12,16,19-21,23-25,29,31H,3-9,13-15H2,1-2H3/t22-,23-,24-,26+,27+,29+,30-,31-,32+;19-,20-,21-,23+,24+,25+,26-,27-,28+/m00/s1. The quantitative estimate of drug-likeness (QED) is 0.197. The van der Waals surface area contributed by atoms with E-state index in [1.165, 1.54) is 12.8 Å². The molecule has 0 aromatic rings. The molecule has 10 fully saturated rings. The van der Waals surface area contributed by atoms with Crippen LogP contribution in [0.2, 0.25) is 0 Å². The van der Waals surface area contributed by atoms with Crippen LogP contribution in [0.4, 0.5) is 0 Å². The Kier molecular flexibility index (Phi) is 13.4. The van der Waals surface area contributed by atoms with Gasteiger partial charge in [-0.3, -0.25) is 24.0 Å². The van der Waals surface area contributed by atoms with Crippen LogP contribution in [0.3, 0.4) is 0 Å². The normalized spacial score (nSPS) is 47.6. The lowest BCUT2D eigenvalue weighted by Gasteiger charge is -2.59. The molecule has 13 heteroatoms. The summed E-state index contributed by atoms with van der Waals surface area (Å²) in [4.78, 5) is 64.3. The molecule has 3 N–H and O–H groups in total. The lowest BCUT2D eigenvalue weighted by atomic mass is 9.46. The largest absolute Gasteiger partial charge is 0.457 e. The van der Waals surface area contributed by atoms with Gasteiger partial charge in [0.05, 0.1) is 30.3 Å². The van der Waals surface area contributed by atoms with E-state index < -0.39 is 65.5 Å². The van der Waals surface area contributed by atoms with Gasteiger partial charge in [-0.1, -0.05) is 103 Å². The molecule has 8 saturated carbocycles. The third-order valence-corrected chi connectivity index (χ3v) is 22.4. The molecule has 10 aliphatic carbocycles. The first-order valence-electron chi connectivity index (χ1n) is 28.5. The molecule has 12 rings (SSSR count). The lowest BCUT2D eigenvalue weighted by Crippen LogP contribution is -2.63. The van der Waals surface area contributed by atoms with Crippen LogP contribution in [0, 0.1) is 74.9 Å². The average molecular weight is 1010 g/mol. The van der Waals surface area contributed by atoms with Crippen LogP contribution in [-0.2, 0) is 47.7 Å². The molecule has 0 bridgehead atoms. The first kappa shape index (κ1) is 51.9. The summed E-state index contributed by atoms with van der Waals surface area (Å²) in [6.45, 7) is 11.1. The van der Waals surface area contributed by atoms with Crippen LogP contribution in [-0.4, -0.2) is 106 Å². The molecule has 13 nitrogen and oxygen atoms in total. The molecule has 400 valence electrons. The van der Waals surface area contributed by atoms with Gasteiger partial charge in [-0.05, 0) is 125 Å². The number of aliphatic hydroxyl groups is 3. The second-order valence-corrected chi connectivity index (χ2v) is 26.2. The molecule has 0 radical (unpaired) electrons. The fourth-order valence-electron chi connectivity index (χ4n) is 19.0. The fraction of sp³-hybridized carbons (Fsp3) is 0.783. The molecule has 2 saturated heterocycles. The van der Waals surface area contributed by atoms with E-state index in [1.807, 2.05) is 12.2 Å². The SMILES string of the molecule is CC(C)C(=O)OCC(=O)[C@@]12O[C@H](C3CCCCC3)O[C@@H]1C[C@H]1[C@@H]3CCC4=CC(=O)C=C[C@]4(C)[C@H]3[C@@H](O)C[C@@]12C.C[C@]12C=CC(=O)C=C1CC[C@@H]1[C@@H]2[C@@H](O)C[C@@]2(C)[C@H]1C[C@H]1O[C@@H](C3CCCCC3)O[C@]12C(=O)CO. The number of hydrogen-bond acceptors (Lipinski definition) is 13. The third kappa shape index (κ3) is 7.70. The van der Waals surface area contributed by atoms with Gasteiger partial charge in [0.15, 0.2) is 47.7 Å². The highest BCUT2D eigenvalue weighted by Gasteiger charge is 2.78. The molecule has 73 heavy (non-hydrogen) atoms. The Hall–Kier alpha value is -3.17. The fourth-order valence-corrected chi connectivity index (χ4v) is 19.0. The number of ether oxygens (including phenoxy) is 5. The number of allylic oxidation sites excluding steroid dienone is 8. The van der Waals surface area contributed by atoms with Gasteiger partial charge in [0.2, 0.25) is 5.78 Å². The van der Waals surface area contributed by atoms with Crippen molar-refractivity contribution < 1.29 is 63.0 Å². The van der Waals surface area contributed by atoms with E-state index in [1.54, 1.807) is 38.2 Å². The van der Waals surface area contributed by atoms with Crippen molar-refractivity contribution >= 4 is 29.1 Å². The van der Waals surface area contributed by atoms with Gasteiger partial charge in [-0.2, -0.15) is 0 Å². The summed E-state index contributed by atoms with van der Waals surface area (Å²) in [7, 11) is 0. The van der Waals surface area contributed by atoms with Crippen molar-refractivity contribution in [1.82, 2.24) is 0 Å². The first-order valence-corrected chi connectivity index (χ1v) is 28.5.